The summed E-state index contributed by atoms with van der Waals surface area (Å²) in [7, 11) is 3.14. The molecule has 0 amide bonds. The summed E-state index contributed by atoms with van der Waals surface area (Å²) >= 11 is 1.11. The first-order valence-corrected chi connectivity index (χ1v) is 13.4. The highest BCUT2D eigenvalue weighted by molar-refractivity contribution is 7.00. The molecule has 2 heterocycles. The monoisotopic (exact) mass is 566 g/mol. The van der Waals surface area contributed by atoms with Crippen molar-refractivity contribution in [2.24, 2.45) is 0 Å². The summed E-state index contributed by atoms with van der Waals surface area (Å²) in [6.45, 7) is 0. The van der Waals surface area contributed by atoms with Gasteiger partial charge in [0.2, 0.25) is 0 Å². The van der Waals surface area contributed by atoms with Crippen molar-refractivity contribution in [3.63, 3.8) is 0 Å². The number of nitrogens with zero attached hydrogens (tertiary/aromatic N) is 2. The number of aldehydes is 1. The molecule has 0 saturated carbocycles. The van der Waals surface area contributed by atoms with Crippen LogP contribution in [0.3, 0.4) is 0 Å². The number of aliphatic hydroxyl groups is 1. The Morgan fingerprint density at radius 1 is 0.854 bits per heavy atom. The van der Waals surface area contributed by atoms with Crippen molar-refractivity contribution in [1.82, 2.24) is 8.75 Å². The maximum absolute atomic E-state index is 13.1. The number of carbonyl (C=O) groups excluding carboxylic acids is 2. The van der Waals surface area contributed by atoms with Crippen LogP contribution in [-0.4, -0.2) is 40.3 Å². The van der Waals surface area contributed by atoms with E-state index in [4.69, 9.17) is 14.2 Å². The molecule has 5 aromatic rings. The minimum atomic E-state index is -1.89. The molecule has 1 N–H and O–H groups in total. The topological polar surface area (TPSA) is 108 Å². The number of fused-ring (bicyclic) bond motifs is 1. The van der Waals surface area contributed by atoms with Gasteiger partial charge in [-0.3, -0.25) is 4.79 Å². The molecule has 6 rings (SSSR count). The van der Waals surface area contributed by atoms with Gasteiger partial charge in [-0.25, -0.2) is 4.79 Å². The van der Waals surface area contributed by atoms with Gasteiger partial charge in [0.05, 0.1) is 37.1 Å². The van der Waals surface area contributed by atoms with Crippen molar-refractivity contribution < 1.29 is 28.9 Å². The van der Waals surface area contributed by atoms with Crippen molar-refractivity contribution in [2.45, 2.75) is 12.2 Å². The van der Waals surface area contributed by atoms with Crippen LogP contribution in [0.15, 0.2) is 103 Å². The third-order valence-electron chi connectivity index (χ3n) is 6.69. The van der Waals surface area contributed by atoms with Gasteiger partial charge in [-0.15, -0.1) is 0 Å². The van der Waals surface area contributed by atoms with Crippen LogP contribution in [0.5, 0.6) is 11.5 Å². The third-order valence-corrected chi connectivity index (χ3v) is 7.25. The number of carbonyl (C=O) groups is 2. The predicted octanol–water partition coefficient (Wildman–Crippen LogP) is 5.61. The van der Waals surface area contributed by atoms with Gasteiger partial charge in [-0.05, 0) is 41.5 Å². The minimum absolute atomic E-state index is 0.268. The van der Waals surface area contributed by atoms with E-state index in [-0.39, 0.29) is 6.42 Å². The average Bonchev–Trinajstić information content (AvgIpc) is 3.59. The van der Waals surface area contributed by atoms with Gasteiger partial charge in [0.15, 0.2) is 6.29 Å². The van der Waals surface area contributed by atoms with Gasteiger partial charge >= 0.3 is 5.97 Å². The van der Waals surface area contributed by atoms with Crippen LogP contribution in [0.25, 0.3) is 16.6 Å². The number of para-hydroxylation sites is 2. The summed E-state index contributed by atoms with van der Waals surface area (Å²) in [6.07, 6.45) is 1.04. The minimum Gasteiger partial charge on any atom is -0.496 e. The molecule has 1 aliphatic rings. The molecular formula is C32H26N2O6S. The molecular weight excluding hydrogens is 540 g/mol. The van der Waals surface area contributed by atoms with Crippen molar-refractivity contribution in [3.8, 4) is 11.5 Å². The molecule has 0 spiro atoms. The number of hydrogen-bond donors (Lipinski definition) is 1. The van der Waals surface area contributed by atoms with E-state index >= 15 is 0 Å². The molecule has 0 radical (unpaired) electrons. The molecule has 8 nitrogen and oxygen atoms in total. The molecule has 0 saturated heterocycles. The van der Waals surface area contributed by atoms with Gasteiger partial charge in [0.1, 0.15) is 22.5 Å². The number of esters is 1. The number of methoxy groups -OCH3 is 2. The van der Waals surface area contributed by atoms with Crippen molar-refractivity contribution >= 4 is 40.6 Å². The Kier molecular flexibility index (Phi) is 8.19. The lowest BCUT2D eigenvalue weighted by Crippen LogP contribution is -2.29. The summed E-state index contributed by atoms with van der Waals surface area (Å²) in [5.74, 6) is -1.18. The van der Waals surface area contributed by atoms with E-state index < -0.39 is 11.8 Å². The number of hydrogen-bond acceptors (Lipinski definition) is 9. The Balaban J connectivity index is 0.000000287. The highest BCUT2D eigenvalue weighted by Crippen LogP contribution is 2.45. The maximum Gasteiger partial charge on any atom is 0.342 e. The molecule has 1 aliphatic heterocycles. The van der Waals surface area contributed by atoms with Crippen LogP contribution < -0.4 is 9.47 Å². The number of rotatable bonds is 7. The van der Waals surface area contributed by atoms with Crippen LogP contribution >= 0.6 is 11.7 Å². The fourth-order valence-electron chi connectivity index (χ4n) is 4.68. The maximum atomic E-state index is 13.1. The number of cyclic esters (lactones) is 1. The van der Waals surface area contributed by atoms with E-state index in [2.05, 4.69) is 8.75 Å². The number of aromatic nitrogens is 2. The van der Waals surface area contributed by atoms with E-state index in [1.165, 1.54) is 0 Å². The van der Waals surface area contributed by atoms with Gasteiger partial charge in [-0.1, -0.05) is 66.7 Å². The second-order valence-corrected chi connectivity index (χ2v) is 9.60. The van der Waals surface area contributed by atoms with Crippen molar-refractivity contribution in [3.05, 3.63) is 125 Å². The van der Waals surface area contributed by atoms with Gasteiger partial charge in [0, 0.05) is 17.6 Å². The fourth-order valence-corrected chi connectivity index (χ4v) is 5.20. The molecule has 0 fully saturated rings. The largest absolute Gasteiger partial charge is 0.496 e. The van der Waals surface area contributed by atoms with E-state index in [0.29, 0.717) is 44.9 Å². The molecule has 9 heteroatoms. The lowest BCUT2D eigenvalue weighted by molar-refractivity contribution is -0.185. The summed E-state index contributed by atoms with van der Waals surface area (Å²) in [4.78, 5) is 23.4. The smallest absolute Gasteiger partial charge is 0.342 e. The van der Waals surface area contributed by atoms with Crippen LogP contribution in [0.4, 0.5) is 0 Å². The second-order valence-electron chi connectivity index (χ2n) is 9.07. The van der Waals surface area contributed by atoms with Crippen LogP contribution in [0.1, 0.15) is 27.0 Å². The zero-order valence-corrected chi connectivity index (χ0v) is 23.1. The molecule has 206 valence electrons. The zero-order valence-electron chi connectivity index (χ0n) is 22.3. The van der Waals surface area contributed by atoms with E-state index in [0.717, 1.165) is 29.1 Å². The molecule has 41 heavy (non-hydrogen) atoms. The van der Waals surface area contributed by atoms with E-state index in [9.17, 15) is 14.7 Å². The Labute approximate surface area is 240 Å². The first kappa shape index (κ1) is 27.7. The average molecular weight is 567 g/mol. The first-order chi connectivity index (χ1) is 20.0. The standard InChI is InChI=1S/C24H18N2O4S.C8H8O2/c1-29-21-10-6-5-7-15(21)13-18-22(16-11-12-19-20(14-16)26-31-25-19)23(27)30-24(18,28)17-8-3-2-4-9-17;1-10-8-5-3-2-4-7(8)6-9/h2-12,14,28H,13H2,1H3;2-6H,1H3. The molecule has 1 unspecified atom stereocenters. The quantitative estimate of drug-likeness (QED) is 0.200. The molecule has 1 atom stereocenters. The van der Waals surface area contributed by atoms with Crippen molar-refractivity contribution in [1.29, 1.82) is 0 Å². The van der Waals surface area contributed by atoms with Gasteiger partial charge < -0.3 is 19.3 Å². The normalized spacial score (nSPS) is 16.1. The summed E-state index contributed by atoms with van der Waals surface area (Å²) in [5.41, 5.74) is 4.76. The Morgan fingerprint density at radius 2 is 1.51 bits per heavy atom. The van der Waals surface area contributed by atoms with E-state index in [1.807, 2.05) is 42.5 Å². The fraction of sp³-hybridized carbons (Fsp3) is 0.125. The Morgan fingerprint density at radius 3 is 2.22 bits per heavy atom. The van der Waals surface area contributed by atoms with Crippen LogP contribution in [-0.2, 0) is 21.7 Å². The van der Waals surface area contributed by atoms with Crippen LogP contribution in [0.2, 0.25) is 0 Å². The SMILES string of the molecule is COc1ccccc1C=O.COc1ccccc1CC1=C(c2ccc3nsnc3c2)C(=O)OC1(O)c1ccccc1. The summed E-state index contributed by atoms with van der Waals surface area (Å²) in [6, 6.07) is 29.0. The molecule has 0 bridgehead atoms. The predicted molar refractivity (Wildman–Crippen MR) is 156 cm³/mol. The first-order valence-electron chi connectivity index (χ1n) is 12.7. The molecule has 4 aromatic carbocycles. The number of ether oxygens (including phenoxy) is 3. The lowest BCUT2D eigenvalue weighted by Gasteiger charge is -2.26. The van der Waals surface area contributed by atoms with E-state index in [1.54, 1.807) is 68.8 Å². The zero-order chi connectivity index (χ0) is 28.8. The summed E-state index contributed by atoms with van der Waals surface area (Å²) in [5, 5.41) is 11.7. The second kappa shape index (κ2) is 12.1. The van der Waals surface area contributed by atoms with Crippen LogP contribution in [0, 0.1) is 0 Å². The Hall–Kier alpha value is -4.86. The summed E-state index contributed by atoms with van der Waals surface area (Å²) < 4.78 is 24.5. The molecule has 0 aliphatic carbocycles. The lowest BCUT2D eigenvalue weighted by atomic mass is 9.88. The van der Waals surface area contributed by atoms with Gasteiger partial charge in [0.25, 0.3) is 5.79 Å². The Bertz CT molecular complexity index is 1730. The van der Waals surface area contributed by atoms with Crippen molar-refractivity contribution in [2.75, 3.05) is 14.2 Å². The third kappa shape index (κ3) is 5.58. The van der Waals surface area contributed by atoms with Gasteiger partial charge in [-0.2, -0.15) is 8.75 Å². The highest BCUT2D eigenvalue weighted by atomic mass is 32.1. The number of benzene rings is 4. The highest BCUT2D eigenvalue weighted by Gasteiger charge is 2.48. The molecule has 1 aromatic heterocycles.